The average molecular weight is 233 g/mol. The lowest BCUT2D eigenvalue weighted by Gasteiger charge is -2.22. The number of ether oxygens (including phenoxy) is 2. The van der Waals surface area contributed by atoms with Crippen molar-refractivity contribution in [2.45, 2.75) is 38.6 Å². The lowest BCUT2D eigenvalue weighted by atomic mass is 9.89. The third-order valence-electron chi connectivity index (χ3n) is 3.39. The van der Waals surface area contributed by atoms with Gasteiger partial charge in [0.25, 0.3) is 0 Å². The van der Waals surface area contributed by atoms with Gasteiger partial charge < -0.3 is 15.2 Å². The van der Waals surface area contributed by atoms with Crippen molar-refractivity contribution in [1.82, 2.24) is 0 Å². The number of benzene rings is 1. The van der Waals surface area contributed by atoms with E-state index in [1.165, 1.54) is 16.7 Å². The van der Waals surface area contributed by atoms with Gasteiger partial charge in [0.1, 0.15) is 11.5 Å². The number of hydrogen-bond acceptors (Lipinski definition) is 3. The van der Waals surface area contributed by atoms with Gasteiger partial charge in [-0.15, -0.1) is 0 Å². The summed E-state index contributed by atoms with van der Waals surface area (Å²) in [5.74, 6) is 2.13. The topological polar surface area (TPSA) is 44.5 Å². The zero-order chi connectivity index (χ0) is 12.0. The molecule has 0 aliphatic carbocycles. The maximum atomic E-state index is 6.16. The highest BCUT2D eigenvalue weighted by Crippen LogP contribution is 2.41. The van der Waals surface area contributed by atoms with E-state index in [4.69, 9.17) is 15.2 Å². The summed E-state index contributed by atoms with van der Waals surface area (Å²) in [6.07, 6.45) is 2.82. The molecule has 3 heteroatoms. The van der Waals surface area contributed by atoms with Crippen molar-refractivity contribution in [2.75, 3.05) is 13.2 Å². The molecule has 0 aromatic heterocycles. The number of hydrogen-bond donors (Lipinski definition) is 1. The van der Waals surface area contributed by atoms with E-state index in [0.717, 1.165) is 44.0 Å². The molecule has 0 unspecified atom stereocenters. The smallest absolute Gasteiger partial charge is 0.126 e. The van der Waals surface area contributed by atoms with E-state index in [2.05, 4.69) is 19.9 Å². The standard InChI is InChI=1S/C14H19NO2/c1-14(2,15)8-11-10-4-6-16-12(10)7-9-3-5-17-13(9)11/h7H,3-6,8,15H2,1-2H3. The van der Waals surface area contributed by atoms with Gasteiger partial charge in [0.15, 0.2) is 0 Å². The summed E-state index contributed by atoms with van der Waals surface area (Å²) < 4.78 is 11.5. The van der Waals surface area contributed by atoms with Crippen LogP contribution in [0.25, 0.3) is 0 Å². The van der Waals surface area contributed by atoms with Crippen molar-refractivity contribution in [2.24, 2.45) is 5.73 Å². The third kappa shape index (κ3) is 1.89. The van der Waals surface area contributed by atoms with Gasteiger partial charge in [-0.1, -0.05) is 0 Å². The second-order valence-electron chi connectivity index (χ2n) is 5.68. The molecule has 3 rings (SSSR count). The van der Waals surface area contributed by atoms with Gasteiger partial charge in [0.05, 0.1) is 13.2 Å². The van der Waals surface area contributed by atoms with Crippen LogP contribution in [0.2, 0.25) is 0 Å². The van der Waals surface area contributed by atoms with E-state index in [9.17, 15) is 0 Å². The molecule has 92 valence electrons. The molecule has 0 saturated heterocycles. The van der Waals surface area contributed by atoms with Gasteiger partial charge in [-0.3, -0.25) is 0 Å². The Labute approximate surface area is 102 Å². The zero-order valence-electron chi connectivity index (χ0n) is 10.5. The van der Waals surface area contributed by atoms with Crippen LogP contribution >= 0.6 is 0 Å². The molecule has 3 nitrogen and oxygen atoms in total. The summed E-state index contributed by atoms with van der Waals surface area (Å²) in [7, 11) is 0. The summed E-state index contributed by atoms with van der Waals surface area (Å²) in [6, 6.07) is 2.15. The van der Waals surface area contributed by atoms with E-state index in [1.54, 1.807) is 0 Å². The minimum Gasteiger partial charge on any atom is -0.493 e. The van der Waals surface area contributed by atoms with Crippen LogP contribution in [-0.2, 0) is 19.3 Å². The van der Waals surface area contributed by atoms with Crippen LogP contribution in [0.5, 0.6) is 11.5 Å². The first kappa shape index (κ1) is 10.9. The molecule has 2 N–H and O–H groups in total. The fourth-order valence-corrected chi connectivity index (χ4v) is 2.73. The maximum Gasteiger partial charge on any atom is 0.126 e. The van der Waals surface area contributed by atoms with E-state index < -0.39 is 0 Å². The highest BCUT2D eigenvalue weighted by molar-refractivity contribution is 5.57. The quantitative estimate of drug-likeness (QED) is 0.847. The summed E-state index contributed by atoms with van der Waals surface area (Å²) in [5.41, 5.74) is 9.82. The number of rotatable bonds is 2. The van der Waals surface area contributed by atoms with E-state index in [0.29, 0.717) is 0 Å². The van der Waals surface area contributed by atoms with Crippen LogP contribution in [-0.4, -0.2) is 18.8 Å². The normalized spacial score (nSPS) is 17.4. The molecule has 0 fully saturated rings. The minimum atomic E-state index is -0.211. The zero-order valence-corrected chi connectivity index (χ0v) is 10.5. The van der Waals surface area contributed by atoms with Crippen molar-refractivity contribution in [3.05, 3.63) is 22.8 Å². The van der Waals surface area contributed by atoms with Crippen LogP contribution in [0.15, 0.2) is 6.07 Å². The Kier molecular flexibility index (Phi) is 2.33. The van der Waals surface area contributed by atoms with Crippen LogP contribution in [0.3, 0.4) is 0 Å². The summed E-state index contributed by atoms with van der Waals surface area (Å²) in [5, 5.41) is 0. The van der Waals surface area contributed by atoms with Gasteiger partial charge in [-0.2, -0.15) is 0 Å². The van der Waals surface area contributed by atoms with Gasteiger partial charge in [-0.25, -0.2) is 0 Å². The van der Waals surface area contributed by atoms with Crippen molar-refractivity contribution >= 4 is 0 Å². The minimum absolute atomic E-state index is 0.211. The molecule has 0 saturated carbocycles. The first-order chi connectivity index (χ1) is 8.04. The molecule has 2 heterocycles. The molecule has 0 atom stereocenters. The predicted octanol–water partition coefficient (Wildman–Crippen LogP) is 1.84. The molecule has 0 radical (unpaired) electrons. The van der Waals surface area contributed by atoms with Gasteiger partial charge in [-0.05, 0) is 26.3 Å². The van der Waals surface area contributed by atoms with Crippen molar-refractivity contribution in [3.63, 3.8) is 0 Å². The summed E-state index contributed by atoms with van der Waals surface area (Å²) >= 11 is 0. The summed E-state index contributed by atoms with van der Waals surface area (Å²) in [4.78, 5) is 0. The molecular formula is C14H19NO2. The highest BCUT2D eigenvalue weighted by Gasteiger charge is 2.28. The Balaban J connectivity index is 2.11. The number of nitrogens with two attached hydrogens (primary N) is 1. The molecule has 17 heavy (non-hydrogen) atoms. The van der Waals surface area contributed by atoms with Crippen molar-refractivity contribution in [1.29, 1.82) is 0 Å². The van der Waals surface area contributed by atoms with Gasteiger partial charge >= 0.3 is 0 Å². The fraction of sp³-hybridized carbons (Fsp3) is 0.571. The molecule has 1 aromatic carbocycles. The Bertz CT molecular complexity index is 428. The monoisotopic (exact) mass is 233 g/mol. The Morgan fingerprint density at radius 1 is 1.24 bits per heavy atom. The highest BCUT2D eigenvalue weighted by atomic mass is 16.5. The van der Waals surface area contributed by atoms with Gasteiger partial charge in [0, 0.05) is 35.1 Å². The van der Waals surface area contributed by atoms with Crippen LogP contribution in [0.1, 0.15) is 30.5 Å². The lowest BCUT2D eigenvalue weighted by molar-refractivity contribution is 0.349. The average Bonchev–Trinajstić information content (AvgIpc) is 2.82. The lowest BCUT2D eigenvalue weighted by Crippen LogP contribution is -2.34. The molecule has 1 aromatic rings. The van der Waals surface area contributed by atoms with Crippen LogP contribution < -0.4 is 15.2 Å². The molecule has 2 aliphatic rings. The molecule has 2 aliphatic heterocycles. The third-order valence-corrected chi connectivity index (χ3v) is 3.39. The largest absolute Gasteiger partial charge is 0.493 e. The second kappa shape index (κ2) is 3.64. The Hall–Kier alpha value is -1.22. The first-order valence-corrected chi connectivity index (χ1v) is 6.27. The van der Waals surface area contributed by atoms with Crippen LogP contribution in [0, 0.1) is 0 Å². The number of fused-ring (bicyclic) bond motifs is 2. The summed E-state index contributed by atoms with van der Waals surface area (Å²) in [6.45, 7) is 5.69. The molecule has 0 spiro atoms. The molecular weight excluding hydrogens is 214 g/mol. The first-order valence-electron chi connectivity index (χ1n) is 6.27. The fourth-order valence-electron chi connectivity index (χ4n) is 2.73. The Morgan fingerprint density at radius 3 is 2.76 bits per heavy atom. The predicted molar refractivity (Wildman–Crippen MR) is 66.8 cm³/mol. The molecule has 0 bridgehead atoms. The van der Waals surface area contributed by atoms with Crippen LogP contribution in [0.4, 0.5) is 0 Å². The van der Waals surface area contributed by atoms with E-state index in [1.807, 2.05) is 0 Å². The van der Waals surface area contributed by atoms with Crippen molar-refractivity contribution in [3.8, 4) is 11.5 Å². The second-order valence-corrected chi connectivity index (χ2v) is 5.68. The maximum absolute atomic E-state index is 6.16. The molecule has 0 amide bonds. The SMILES string of the molecule is CC(C)(N)Cc1c2c(cc3c1OCC3)OCC2. The van der Waals surface area contributed by atoms with E-state index in [-0.39, 0.29) is 5.54 Å². The van der Waals surface area contributed by atoms with E-state index >= 15 is 0 Å². The Morgan fingerprint density at radius 2 is 2.00 bits per heavy atom. The van der Waals surface area contributed by atoms with Gasteiger partial charge in [0.2, 0.25) is 0 Å². The van der Waals surface area contributed by atoms with Crippen molar-refractivity contribution < 1.29 is 9.47 Å².